The lowest BCUT2D eigenvalue weighted by Gasteiger charge is -2.15. The fourth-order valence-electron chi connectivity index (χ4n) is 2.08. The molecule has 0 aliphatic rings. The van der Waals surface area contributed by atoms with E-state index in [1.807, 2.05) is 12.1 Å². The lowest BCUT2D eigenvalue weighted by Crippen LogP contribution is -2.22. The second kappa shape index (κ2) is 7.91. The van der Waals surface area contributed by atoms with E-state index in [0.29, 0.717) is 0 Å². The van der Waals surface area contributed by atoms with Crippen LogP contribution in [0.15, 0.2) is 24.3 Å². The van der Waals surface area contributed by atoms with E-state index in [1.165, 1.54) is 5.56 Å². The Balaban J connectivity index is 2.61. The molecule has 0 heterocycles. The maximum absolute atomic E-state index is 12.1. The first-order valence-electron chi connectivity index (χ1n) is 7.11. The minimum absolute atomic E-state index is 0.148. The zero-order valence-corrected chi connectivity index (χ0v) is 11.8. The van der Waals surface area contributed by atoms with Gasteiger partial charge in [-0.2, -0.15) is 0 Å². The van der Waals surface area contributed by atoms with Gasteiger partial charge in [-0.15, -0.1) is 0 Å². The number of anilines is 1. The van der Waals surface area contributed by atoms with Gasteiger partial charge in [0, 0.05) is 11.6 Å². The Kier molecular flexibility index (Phi) is 6.48. The lowest BCUT2D eigenvalue weighted by molar-refractivity contribution is -0.120. The highest BCUT2D eigenvalue weighted by molar-refractivity contribution is 5.92. The minimum atomic E-state index is 0.148. The fraction of sp³-hybridized carbons (Fsp3) is 0.562. The molecule has 0 unspecified atom stereocenters. The van der Waals surface area contributed by atoms with Crippen LogP contribution in [0.5, 0.6) is 0 Å². The highest BCUT2D eigenvalue weighted by Crippen LogP contribution is 2.17. The topological polar surface area (TPSA) is 29.1 Å². The van der Waals surface area contributed by atoms with Crippen molar-refractivity contribution in [1.29, 1.82) is 0 Å². The van der Waals surface area contributed by atoms with Crippen LogP contribution in [-0.4, -0.2) is 5.91 Å². The number of benzene rings is 1. The molecule has 0 fully saturated rings. The summed E-state index contributed by atoms with van der Waals surface area (Å²) in [7, 11) is 0. The van der Waals surface area contributed by atoms with Crippen LogP contribution in [0.25, 0.3) is 0 Å². The summed E-state index contributed by atoms with van der Waals surface area (Å²) in [5.74, 6) is 0.314. The van der Waals surface area contributed by atoms with Crippen molar-refractivity contribution in [1.82, 2.24) is 0 Å². The summed E-state index contributed by atoms with van der Waals surface area (Å²) in [5, 5.41) is 3.04. The van der Waals surface area contributed by atoms with Crippen LogP contribution in [0.4, 0.5) is 5.69 Å². The van der Waals surface area contributed by atoms with Gasteiger partial charge >= 0.3 is 0 Å². The summed E-state index contributed by atoms with van der Waals surface area (Å²) in [6.45, 7) is 6.37. The molecule has 18 heavy (non-hydrogen) atoms. The largest absolute Gasteiger partial charge is 0.326 e. The van der Waals surface area contributed by atoms with E-state index in [-0.39, 0.29) is 11.8 Å². The first-order chi connectivity index (χ1) is 8.71. The number of unbranched alkanes of at least 4 members (excludes halogenated alkanes) is 1. The zero-order chi connectivity index (χ0) is 13.4. The van der Waals surface area contributed by atoms with E-state index < -0.39 is 0 Å². The van der Waals surface area contributed by atoms with Crippen LogP contribution in [0.1, 0.15) is 52.0 Å². The minimum Gasteiger partial charge on any atom is -0.326 e. The molecule has 1 N–H and O–H groups in total. The van der Waals surface area contributed by atoms with Crippen molar-refractivity contribution in [2.24, 2.45) is 5.92 Å². The molecule has 0 aromatic heterocycles. The molecule has 1 aromatic carbocycles. The van der Waals surface area contributed by atoms with Crippen molar-refractivity contribution in [2.45, 2.75) is 52.9 Å². The number of carbonyl (C=O) groups is 1. The Bertz CT molecular complexity index is 373. The number of amides is 1. The first kappa shape index (κ1) is 14.7. The van der Waals surface area contributed by atoms with Crippen molar-refractivity contribution in [2.75, 3.05) is 5.32 Å². The number of rotatable bonds is 7. The molecule has 0 radical (unpaired) electrons. The molecule has 0 saturated heterocycles. The molecule has 0 aliphatic carbocycles. The van der Waals surface area contributed by atoms with E-state index in [9.17, 15) is 4.79 Å². The second-order valence-corrected chi connectivity index (χ2v) is 4.79. The second-order valence-electron chi connectivity index (χ2n) is 4.79. The Morgan fingerprint density at radius 1 is 1.28 bits per heavy atom. The molecule has 0 bridgehead atoms. The van der Waals surface area contributed by atoms with Crippen LogP contribution in [0, 0.1) is 5.92 Å². The number of hydrogen-bond acceptors (Lipinski definition) is 1. The third-order valence-electron chi connectivity index (χ3n) is 3.37. The highest BCUT2D eigenvalue weighted by atomic mass is 16.1. The van der Waals surface area contributed by atoms with Crippen LogP contribution >= 0.6 is 0 Å². The van der Waals surface area contributed by atoms with Crippen LogP contribution in [-0.2, 0) is 11.2 Å². The van der Waals surface area contributed by atoms with Crippen molar-refractivity contribution in [3.05, 3.63) is 29.8 Å². The SMILES string of the molecule is CCCC[C@@H](CC)C(=O)Nc1cccc(CC)c1. The Morgan fingerprint density at radius 3 is 2.67 bits per heavy atom. The van der Waals surface area contributed by atoms with Gasteiger partial charge in [-0.3, -0.25) is 4.79 Å². The van der Waals surface area contributed by atoms with Gasteiger partial charge in [0.2, 0.25) is 5.91 Å². The van der Waals surface area contributed by atoms with Gasteiger partial charge in [-0.25, -0.2) is 0 Å². The van der Waals surface area contributed by atoms with E-state index in [4.69, 9.17) is 0 Å². The normalized spacial score (nSPS) is 12.2. The number of carbonyl (C=O) groups excluding carboxylic acids is 1. The van der Waals surface area contributed by atoms with Gasteiger partial charge in [0.25, 0.3) is 0 Å². The van der Waals surface area contributed by atoms with Crippen LogP contribution in [0.2, 0.25) is 0 Å². The summed E-state index contributed by atoms with van der Waals surface area (Å²) in [4.78, 5) is 12.1. The molecule has 2 nitrogen and oxygen atoms in total. The van der Waals surface area contributed by atoms with Crippen molar-refractivity contribution in [3.8, 4) is 0 Å². The van der Waals surface area contributed by atoms with Crippen molar-refractivity contribution in [3.63, 3.8) is 0 Å². The predicted octanol–water partition coefficient (Wildman–Crippen LogP) is 4.40. The molecule has 1 rings (SSSR count). The molecule has 0 saturated carbocycles. The monoisotopic (exact) mass is 247 g/mol. The maximum Gasteiger partial charge on any atom is 0.227 e. The Hall–Kier alpha value is -1.31. The predicted molar refractivity (Wildman–Crippen MR) is 77.8 cm³/mol. The maximum atomic E-state index is 12.1. The standard InChI is InChI=1S/C16H25NO/c1-4-7-10-14(6-3)16(18)17-15-11-8-9-13(5-2)12-15/h8-9,11-12,14H,4-7,10H2,1-3H3,(H,17,18)/t14-/m1/s1. The molecular formula is C16H25NO. The molecule has 1 amide bonds. The van der Waals surface area contributed by atoms with E-state index >= 15 is 0 Å². The summed E-state index contributed by atoms with van der Waals surface area (Å²) in [6, 6.07) is 8.11. The zero-order valence-electron chi connectivity index (χ0n) is 11.8. The van der Waals surface area contributed by atoms with Crippen molar-refractivity contribution < 1.29 is 4.79 Å². The van der Waals surface area contributed by atoms with Crippen LogP contribution < -0.4 is 5.32 Å². The highest BCUT2D eigenvalue weighted by Gasteiger charge is 2.15. The summed E-state index contributed by atoms with van der Waals surface area (Å²) < 4.78 is 0. The lowest BCUT2D eigenvalue weighted by atomic mass is 9.98. The third kappa shape index (κ3) is 4.52. The van der Waals surface area contributed by atoms with E-state index in [1.54, 1.807) is 0 Å². The fourth-order valence-corrected chi connectivity index (χ4v) is 2.08. The average molecular weight is 247 g/mol. The summed E-state index contributed by atoms with van der Waals surface area (Å²) in [5.41, 5.74) is 2.18. The Morgan fingerprint density at radius 2 is 2.06 bits per heavy atom. The average Bonchev–Trinajstić information content (AvgIpc) is 2.40. The smallest absolute Gasteiger partial charge is 0.227 e. The van der Waals surface area contributed by atoms with Crippen molar-refractivity contribution >= 4 is 11.6 Å². The van der Waals surface area contributed by atoms with Crippen LogP contribution in [0.3, 0.4) is 0 Å². The summed E-state index contributed by atoms with van der Waals surface area (Å²) >= 11 is 0. The van der Waals surface area contributed by atoms with Gasteiger partial charge in [0.1, 0.15) is 0 Å². The molecule has 0 spiro atoms. The number of hydrogen-bond donors (Lipinski definition) is 1. The molecule has 1 atom stereocenters. The number of nitrogens with one attached hydrogen (secondary N) is 1. The van der Waals surface area contributed by atoms with Gasteiger partial charge in [-0.1, -0.05) is 45.7 Å². The van der Waals surface area contributed by atoms with E-state index in [0.717, 1.165) is 37.8 Å². The van der Waals surface area contributed by atoms with Gasteiger partial charge < -0.3 is 5.32 Å². The van der Waals surface area contributed by atoms with Gasteiger partial charge in [-0.05, 0) is 37.0 Å². The Labute approximate surface area is 111 Å². The third-order valence-corrected chi connectivity index (χ3v) is 3.37. The molecular weight excluding hydrogens is 222 g/mol. The van der Waals surface area contributed by atoms with Gasteiger partial charge in [0.15, 0.2) is 0 Å². The number of aryl methyl sites for hydroxylation is 1. The van der Waals surface area contributed by atoms with E-state index in [2.05, 4.69) is 38.2 Å². The quantitative estimate of drug-likeness (QED) is 0.760. The van der Waals surface area contributed by atoms with Gasteiger partial charge in [0.05, 0.1) is 0 Å². The molecule has 100 valence electrons. The molecule has 0 aliphatic heterocycles. The molecule has 1 aromatic rings. The first-order valence-corrected chi connectivity index (χ1v) is 7.11. The summed E-state index contributed by atoms with van der Waals surface area (Å²) in [6.07, 6.45) is 5.18. The molecule has 2 heteroatoms.